The normalized spacial score (nSPS) is 30.4. The molecule has 3 amide bonds. The van der Waals surface area contributed by atoms with E-state index in [4.69, 9.17) is 9.47 Å². The lowest BCUT2D eigenvalue weighted by atomic mass is 9.76. The molecule has 6 rings (SSSR count). The number of imide groups is 1. The van der Waals surface area contributed by atoms with Crippen molar-refractivity contribution in [1.82, 2.24) is 5.32 Å². The first-order chi connectivity index (χ1) is 14.9. The molecule has 2 N–H and O–H groups in total. The number of nitrogens with zero attached hydrogens (tertiary/aromatic N) is 1. The van der Waals surface area contributed by atoms with Crippen LogP contribution in [0, 0.1) is 17.8 Å². The van der Waals surface area contributed by atoms with Gasteiger partial charge in [0.2, 0.25) is 24.5 Å². The second kappa shape index (κ2) is 6.07. The summed E-state index contributed by atoms with van der Waals surface area (Å²) in [4.78, 5) is 42.0. The van der Waals surface area contributed by atoms with Gasteiger partial charge in [-0.1, -0.05) is 32.0 Å². The zero-order chi connectivity index (χ0) is 21.5. The number of ether oxygens (including phenoxy) is 2. The van der Waals surface area contributed by atoms with Crippen molar-refractivity contribution < 1.29 is 23.9 Å². The molecule has 8 heteroatoms. The lowest BCUT2D eigenvalue weighted by molar-refractivity contribution is -0.130. The monoisotopic (exact) mass is 419 g/mol. The van der Waals surface area contributed by atoms with Crippen LogP contribution in [-0.2, 0) is 19.9 Å². The Morgan fingerprint density at radius 1 is 1.03 bits per heavy atom. The largest absolute Gasteiger partial charge is 0.454 e. The number of anilines is 2. The maximum absolute atomic E-state index is 13.8. The third-order valence-corrected chi connectivity index (χ3v) is 6.89. The van der Waals surface area contributed by atoms with E-state index in [0.717, 1.165) is 0 Å². The summed E-state index contributed by atoms with van der Waals surface area (Å²) in [6, 6.07) is 12.0. The van der Waals surface area contributed by atoms with E-state index in [-0.39, 0.29) is 36.5 Å². The summed E-state index contributed by atoms with van der Waals surface area (Å²) < 4.78 is 10.8. The number of hydrogen-bond donors (Lipinski definition) is 2. The minimum Gasteiger partial charge on any atom is -0.454 e. The molecule has 0 aliphatic carbocycles. The maximum atomic E-state index is 13.8. The van der Waals surface area contributed by atoms with E-state index in [0.29, 0.717) is 28.4 Å². The number of fused-ring (bicyclic) bond motifs is 5. The molecule has 0 radical (unpaired) electrons. The number of amides is 3. The van der Waals surface area contributed by atoms with E-state index < -0.39 is 17.4 Å². The highest BCUT2D eigenvalue weighted by Gasteiger charge is 2.70. The third-order valence-electron chi connectivity index (χ3n) is 6.89. The summed E-state index contributed by atoms with van der Waals surface area (Å²) in [6.45, 7) is 4.09. The smallest absolute Gasteiger partial charge is 0.250 e. The average molecular weight is 419 g/mol. The summed E-state index contributed by atoms with van der Waals surface area (Å²) >= 11 is 0. The minimum atomic E-state index is -1.27. The molecule has 0 aromatic heterocycles. The van der Waals surface area contributed by atoms with Crippen molar-refractivity contribution in [3.63, 3.8) is 0 Å². The fraction of sp³-hybridized carbons (Fsp3) is 0.348. The second-order valence-corrected chi connectivity index (χ2v) is 8.77. The zero-order valence-corrected chi connectivity index (χ0v) is 17.0. The van der Waals surface area contributed by atoms with Crippen molar-refractivity contribution >= 4 is 29.1 Å². The standard InChI is InChI=1S/C23H21N3O5/c1-11(2)19-17-18(23(25-19)13-5-3-4-6-14(13)24-22(23)29)21(28)26(20(17)27)12-7-8-15-16(9-12)31-10-30-15/h3-9,11,17-19,25H,10H2,1-2H3,(H,24,29)/t17?,18?,19?,23-/m1/s1. The molecule has 4 atom stereocenters. The highest BCUT2D eigenvalue weighted by atomic mass is 16.7. The van der Waals surface area contributed by atoms with Crippen molar-refractivity contribution in [3.05, 3.63) is 48.0 Å². The molecule has 1 spiro atoms. The molecular weight excluding hydrogens is 398 g/mol. The van der Waals surface area contributed by atoms with Gasteiger partial charge in [-0.2, -0.15) is 0 Å². The van der Waals surface area contributed by atoms with Crippen LogP contribution in [0.1, 0.15) is 19.4 Å². The molecule has 0 saturated carbocycles. The number of nitrogens with one attached hydrogen (secondary N) is 2. The predicted molar refractivity (Wildman–Crippen MR) is 111 cm³/mol. The van der Waals surface area contributed by atoms with Crippen LogP contribution in [0.25, 0.3) is 0 Å². The van der Waals surface area contributed by atoms with Crippen LogP contribution in [0.5, 0.6) is 11.5 Å². The molecule has 4 heterocycles. The molecule has 4 aliphatic heterocycles. The van der Waals surface area contributed by atoms with Crippen molar-refractivity contribution in [1.29, 1.82) is 0 Å². The second-order valence-electron chi connectivity index (χ2n) is 8.77. The van der Waals surface area contributed by atoms with Gasteiger partial charge in [0.05, 0.1) is 17.5 Å². The Hall–Kier alpha value is -3.39. The molecule has 2 saturated heterocycles. The van der Waals surface area contributed by atoms with E-state index in [1.165, 1.54) is 4.90 Å². The van der Waals surface area contributed by atoms with Gasteiger partial charge in [-0.25, -0.2) is 4.90 Å². The van der Waals surface area contributed by atoms with Gasteiger partial charge in [-0.15, -0.1) is 0 Å². The van der Waals surface area contributed by atoms with Gasteiger partial charge in [0.1, 0.15) is 5.54 Å². The molecule has 8 nitrogen and oxygen atoms in total. The Balaban J connectivity index is 1.50. The van der Waals surface area contributed by atoms with E-state index >= 15 is 0 Å². The van der Waals surface area contributed by atoms with Crippen LogP contribution in [0.2, 0.25) is 0 Å². The number of carbonyl (C=O) groups excluding carboxylic acids is 3. The minimum absolute atomic E-state index is 0.0425. The first kappa shape index (κ1) is 18.4. The van der Waals surface area contributed by atoms with Crippen LogP contribution in [0.15, 0.2) is 42.5 Å². The van der Waals surface area contributed by atoms with Gasteiger partial charge in [0.25, 0.3) is 0 Å². The molecule has 4 aliphatic rings. The molecular formula is C23H21N3O5. The molecule has 2 fully saturated rings. The van der Waals surface area contributed by atoms with Crippen molar-refractivity contribution in [3.8, 4) is 11.5 Å². The number of rotatable bonds is 2. The Morgan fingerprint density at radius 3 is 2.61 bits per heavy atom. The summed E-state index contributed by atoms with van der Waals surface area (Å²) in [5.74, 6) is -1.33. The lowest BCUT2D eigenvalue weighted by Crippen LogP contribution is -2.54. The van der Waals surface area contributed by atoms with Crippen LogP contribution < -0.4 is 25.0 Å². The van der Waals surface area contributed by atoms with Crippen molar-refractivity contribution in [2.75, 3.05) is 17.0 Å². The topological polar surface area (TPSA) is 97.0 Å². The molecule has 158 valence electrons. The van der Waals surface area contributed by atoms with Crippen LogP contribution in [-0.4, -0.2) is 30.6 Å². The van der Waals surface area contributed by atoms with Gasteiger partial charge in [-0.3, -0.25) is 19.7 Å². The Kier molecular flexibility index (Phi) is 3.60. The number of para-hydroxylation sites is 1. The van der Waals surface area contributed by atoms with Gasteiger partial charge < -0.3 is 14.8 Å². The Morgan fingerprint density at radius 2 is 1.81 bits per heavy atom. The third kappa shape index (κ3) is 2.20. The van der Waals surface area contributed by atoms with Gasteiger partial charge in [0.15, 0.2) is 11.5 Å². The Bertz CT molecular complexity index is 1160. The average Bonchev–Trinajstić information content (AvgIpc) is 3.47. The number of carbonyl (C=O) groups is 3. The quantitative estimate of drug-likeness (QED) is 0.723. The summed E-state index contributed by atoms with van der Waals surface area (Å²) in [7, 11) is 0. The first-order valence-corrected chi connectivity index (χ1v) is 10.4. The lowest BCUT2D eigenvalue weighted by Gasteiger charge is -2.30. The van der Waals surface area contributed by atoms with E-state index in [1.54, 1.807) is 18.2 Å². The summed E-state index contributed by atoms with van der Waals surface area (Å²) in [6.07, 6.45) is 0. The molecule has 0 bridgehead atoms. The Labute approximate surface area is 178 Å². The fourth-order valence-corrected chi connectivity index (χ4v) is 5.54. The van der Waals surface area contributed by atoms with E-state index in [2.05, 4.69) is 10.6 Å². The van der Waals surface area contributed by atoms with Crippen LogP contribution >= 0.6 is 0 Å². The number of benzene rings is 2. The predicted octanol–water partition coefficient (Wildman–Crippen LogP) is 2.00. The van der Waals surface area contributed by atoms with Gasteiger partial charge >= 0.3 is 0 Å². The SMILES string of the molecule is CC(C)C1N[C@@]2(C(=O)Nc3ccccc32)C2C(=O)N(c3ccc4c(c3)OCO4)C(=O)C12. The van der Waals surface area contributed by atoms with E-state index in [9.17, 15) is 14.4 Å². The molecule has 2 aromatic rings. The first-order valence-electron chi connectivity index (χ1n) is 10.4. The van der Waals surface area contributed by atoms with Gasteiger partial charge in [-0.05, 0) is 24.1 Å². The summed E-state index contributed by atoms with van der Waals surface area (Å²) in [5.41, 5.74) is 0.545. The highest BCUT2D eigenvalue weighted by molar-refractivity contribution is 6.25. The van der Waals surface area contributed by atoms with Crippen LogP contribution in [0.3, 0.4) is 0 Å². The molecule has 31 heavy (non-hydrogen) atoms. The highest BCUT2D eigenvalue weighted by Crippen LogP contribution is 2.54. The zero-order valence-electron chi connectivity index (χ0n) is 17.0. The van der Waals surface area contributed by atoms with Crippen molar-refractivity contribution in [2.45, 2.75) is 25.4 Å². The van der Waals surface area contributed by atoms with E-state index in [1.807, 2.05) is 38.1 Å². The van der Waals surface area contributed by atoms with Gasteiger partial charge in [0, 0.05) is 23.4 Å². The fourth-order valence-electron chi connectivity index (χ4n) is 5.54. The molecule has 2 aromatic carbocycles. The maximum Gasteiger partial charge on any atom is 0.250 e. The van der Waals surface area contributed by atoms with Crippen molar-refractivity contribution in [2.24, 2.45) is 17.8 Å². The van der Waals surface area contributed by atoms with Crippen LogP contribution in [0.4, 0.5) is 11.4 Å². The molecule has 3 unspecified atom stereocenters. The summed E-state index contributed by atoms with van der Waals surface area (Å²) in [5, 5.41) is 6.33. The number of hydrogen-bond acceptors (Lipinski definition) is 6.